The molecule has 1 aliphatic heterocycles. The molecule has 27 heavy (non-hydrogen) atoms. The van der Waals surface area contributed by atoms with Gasteiger partial charge in [-0.25, -0.2) is 9.79 Å². The van der Waals surface area contributed by atoms with E-state index in [2.05, 4.69) is 11.1 Å². The molecule has 3 aromatic rings. The third-order valence-electron chi connectivity index (χ3n) is 4.09. The lowest BCUT2D eigenvalue weighted by Gasteiger charge is -2.02. The van der Waals surface area contributed by atoms with Crippen molar-refractivity contribution in [2.24, 2.45) is 4.99 Å². The Balaban J connectivity index is 1.68. The number of hydrogen-bond donors (Lipinski definition) is 0. The number of aryl methyl sites for hydroxylation is 1. The van der Waals surface area contributed by atoms with E-state index in [9.17, 15) is 4.79 Å². The second kappa shape index (κ2) is 7.18. The molecule has 0 unspecified atom stereocenters. The Morgan fingerprint density at radius 2 is 2.00 bits per heavy atom. The molecule has 0 bridgehead atoms. The largest absolute Gasteiger partial charge is 0.494 e. The van der Waals surface area contributed by atoms with Gasteiger partial charge in [-0.05, 0) is 49.2 Å². The maximum absolute atomic E-state index is 12.2. The number of nitrogens with zero attached hydrogens (tertiary/aromatic N) is 1. The van der Waals surface area contributed by atoms with Crippen molar-refractivity contribution < 1.29 is 14.3 Å². The van der Waals surface area contributed by atoms with Crippen molar-refractivity contribution in [3.63, 3.8) is 0 Å². The second-order valence-corrected chi connectivity index (χ2v) is 7.51. The number of halogens is 1. The summed E-state index contributed by atoms with van der Waals surface area (Å²) in [4.78, 5) is 17.3. The number of hydrogen-bond acceptors (Lipinski definition) is 5. The zero-order valence-electron chi connectivity index (χ0n) is 14.8. The molecular weight excluding hydrogens is 382 g/mol. The summed E-state index contributed by atoms with van der Waals surface area (Å²) in [5.41, 5.74) is 2.24. The molecule has 0 amide bonds. The van der Waals surface area contributed by atoms with Crippen molar-refractivity contribution in [1.82, 2.24) is 0 Å². The van der Waals surface area contributed by atoms with E-state index in [1.54, 1.807) is 6.08 Å². The first-order valence-corrected chi connectivity index (χ1v) is 9.69. The van der Waals surface area contributed by atoms with E-state index >= 15 is 0 Å². The number of aliphatic imine (C=N–C) groups is 1. The lowest BCUT2D eigenvalue weighted by Crippen LogP contribution is -2.04. The predicted octanol–water partition coefficient (Wildman–Crippen LogP) is 5.61. The van der Waals surface area contributed by atoms with Crippen LogP contribution in [0.5, 0.6) is 5.75 Å². The van der Waals surface area contributed by atoms with Crippen LogP contribution in [-0.4, -0.2) is 18.5 Å². The number of cyclic esters (lactones) is 1. The Morgan fingerprint density at radius 3 is 2.74 bits per heavy atom. The first-order valence-electron chi connectivity index (χ1n) is 8.49. The topological polar surface area (TPSA) is 47.9 Å². The number of fused-ring (bicyclic) bond motifs is 1. The Labute approximate surface area is 165 Å². The summed E-state index contributed by atoms with van der Waals surface area (Å²) in [5, 5.41) is 1.49. The minimum absolute atomic E-state index is 0.249. The average molecular weight is 398 g/mol. The van der Waals surface area contributed by atoms with Crippen molar-refractivity contribution >= 4 is 51.0 Å². The molecule has 2 aromatic carbocycles. The van der Waals surface area contributed by atoms with Crippen LogP contribution in [0.4, 0.5) is 0 Å². The van der Waals surface area contributed by atoms with E-state index in [0.717, 1.165) is 27.0 Å². The maximum Gasteiger partial charge on any atom is 0.363 e. The fraction of sp³-hybridized carbons (Fsp3) is 0.143. The highest BCUT2D eigenvalue weighted by Crippen LogP contribution is 2.37. The molecule has 0 N–H and O–H groups in total. The average Bonchev–Trinajstić information content (AvgIpc) is 3.17. The summed E-state index contributed by atoms with van der Waals surface area (Å²) < 4.78 is 11.8. The van der Waals surface area contributed by atoms with Crippen molar-refractivity contribution in [1.29, 1.82) is 0 Å². The molecule has 136 valence electrons. The van der Waals surface area contributed by atoms with Crippen molar-refractivity contribution in [3.05, 3.63) is 69.2 Å². The normalized spacial score (nSPS) is 15.3. The van der Waals surface area contributed by atoms with Gasteiger partial charge in [0.2, 0.25) is 5.90 Å². The summed E-state index contributed by atoms with van der Waals surface area (Å²) >= 11 is 7.97. The summed E-state index contributed by atoms with van der Waals surface area (Å²) in [6.07, 6.45) is 1.69. The molecule has 6 heteroatoms. The molecule has 2 heterocycles. The van der Waals surface area contributed by atoms with Crippen LogP contribution < -0.4 is 4.74 Å². The smallest absolute Gasteiger partial charge is 0.363 e. The fourth-order valence-corrected chi connectivity index (χ4v) is 4.34. The molecular formula is C21H16ClNO3S. The zero-order chi connectivity index (χ0) is 19.0. The van der Waals surface area contributed by atoms with Crippen molar-refractivity contribution in [2.75, 3.05) is 6.61 Å². The van der Waals surface area contributed by atoms with Crippen molar-refractivity contribution in [2.45, 2.75) is 13.8 Å². The van der Waals surface area contributed by atoms with Crippen LogP contribution in [0.2, 0.25) is 5.02 Å². The Morgan fingerprint density at radius 1 is 1.22 bits per heavy atom. The summed E-state index contributed by atoms with van der Waals surface area (Å²) in [5.74, 6) is 0.551. The molecule has 1 aliphatic rings. The standard InChI is InChI=1S/C21H16ClNO3S/c1-3-25-14-7-5-13(6-8-14)11-16-21(24)26-20(23-16)19-18(22)15-9-4-12(2)10-17(15)27-19/h4-11H,3H2,1-2H3/b16-11-. The van der Waals surface area contributed by atoms with E-state index < -0.39 is 5.97 Å². The SMILES string of the molecule is CCOc1ccc(/C=C2\N=C(c3sc4cc(C)ccc4c3Cl)OC2=O)cc1. The molecule has 0 radical (unpaired) electrons. The number of esters is 1. The van der Waals surface area contributed by atoms with Crippen LogP contribution in [0.3, 0.4) is 0 Å². The number of benzene rings is 2. The number of ether oxygens (including phenoxy) is 2. The molecule has 0 saturated carbocycles. The van der Waals surface area contributed by atoms with Crippen LogP contribution in [-0.2, 0) is 9.53 Å². The monoisotopic (exact) mass is 397 g/mol. The van der Waals surface area contributed by atoms with Crippen LogP contribution in [0, 0.1) is 6.92 Å². The van der Waals surface area contributed by atoms with Gasteiger partial charge < -0.3 is 9.47 Å². The molecule has 0 aliphatic carbocycles. The first-order chi connectivity index (χ1) is 13.0. The molecule has 4 rings (SSSR count). The van der Waals surface area contributed by atoms with Crippen LogP contribution in [0.1, 0.15) is 22.9 Å². The highest BCUT2D eigenvalue weighted by molar-refractivity contribution is 7.21. The van der Waals surface area contributed by atoms with Gasteiger partial charge in [0.15, 0.2) is 5.70 Å². The van der Waals surface area contributed by atoms with Crippen LogP contribution >= 0.6 is 22.9 Å². The quantitative estimate of drug-likeness (QED) is 0.425. The molecule has 0 spiro atoms. The summed E-state index contributed by atoms with van der Waals surface area (Å²) in [7, 11) is 0. The zero-order valence-corrected chi connectivity index (χ0v) is 16.4. The van der Waals surface area contributed by atoms with E-state index in [1.807, 2.05) is 50.2 Å². The molecule has 1 aromatic heterocycles. The third kappa shape index (κ3) is 3.48. The highest BCUT2D eigenvalue weighted by atomic mass is 35.5. The molecule has 0 atom stereocenters. The van der Waals surface area contributed by atoms with Crippen molar-refractivity contribution in [3.8, 4) is 5.75 Å². The van der Waals surface area contributed by atoms with Gasteiger partial charge in [0.25, 0.3) is 0 Å². The summed E-state index contributed by atoms with van der Waals surface area (Å²) in [6.45, 7) is 4.56. The van der Waals surface area contributed by atoms with Gasteiger partial charge in [-0.15, -0.1) is 11.3 Å². The number of carbonyl (C=O) groups excluding carboxylic acids is 1. The maximum atomic E-state index is 12.2. The molecule has 0 fully saturated rings. The van der Waals surface area contributed by atoms with E-state index in [0.29, 0.717) is 16.5 Å². The van der Waals surface area contributed by atoms with Crippen LogP contribution in [0.15, 0.2) is 53.2 Å². The van der Waals surface area contributed by atoms with Gasteiger partial charge >= 0.3 is 5.97 Å². The number of carbonyl (C=O) groups is 1. The van der Waals surface area contributed by atoms with Gasteiger partial charge in [0.1, 0.15) is 10.6 Å². The predicted molar refractivity (Wildman–Crippen MR) is 110 cm³/mol. The van der Waals surface area contributed by atoms with E-state index in [1.165, 1.54) is 11.3 Å². The highest BCUT2D eigenvalue weighted by Gasteiger charge is 2.28. The van der Waals surface area contributed by atoms with Gasteiger partial charge in [-0.3, -0.25) is 0 Å². The van der Waals surface area contributed by atoms with Gasteiger partial charge in [0, 0.05) is 10.1 Å². The fourth-order valence-electron chi connectivity index (χ4n) is 2.80. The lowest BCUT2D eigenvalue weighted by atomic mass is 10.2. The van der Waals surface area contributed by atoms with Gasteiger partial charge in [-0.2, -0.15) is 0 Å². The lowest BCUT2D eigenvalue weighted by molar-refractivity contribution is -0.129. The minimum Gasteiger partial charge on any atom is -0.494 e. The van der Waals surface area contributed by atoms with Gasteiger partial charge in [0.05, 0.1) is 11.6 Å². The number of thiophene rings is 1. The second-order valence-electron chi connectivity index (χ2n) is 6.08. The molecule has 4 nitrogen and oxygen atoms in total. The molecule has 0 saturated heterocycles. The van der Waals surface area contributed by atoms with E-state index in [4.69, 9.17) is 21.1 Å². The first kappa shape index (κ1) is 17.8. The minimum atomic E-state index is -0.483. The van der Waals surface area contributed by atoms with E-state index in [-0.39, 0.29) is 11.6 Å². The van der Waals surface area contributed by atoms with Crippen LogP contribution in [0.25, 0.3) is 16.2 Å². The Hall–Kier alpha value is -2.63. The third-order valence-corrected chi connectivity index (χ3v) is 5.74. The Kier molecular flexibility index (Phi) is 4.72. The number of rotatable bonds is 4. The van der Waals surface area contributed by atoms with Gasteiger partial charge in [-0.1, -0.05) is 35.9 Å². The summed E-state index contributed by atoms with van der Waals surface area (Å²) in [6, 6.07) is 13.5. The Bertz CT molecular complexity index is 1100.